The normalized spacial score (nSPS) is 0. The van der Waals surface area contributed by atoms with Crippen molar-refractivity contribution in [2.75, 3.05) is 0 Å². The smallest absolute Gasteiger partial charge is 2.00 e. The summed E-state index contributed by atoms with van der Waals surface area (Å²) in [5, 5.41) is 0. The third-order valence-electron chi connectivity index (χ3n) is 0. The molecule has 0 atom stereocenters. The van der Waals surface area contributed by atoms with E-state index in [1.807, 2.05) is 0 Å². The van der Waals surface area contributed by atoms with Crippen LogP contribution in [0.5, 0.6) is 0 Å². The van der Waals surface area contributed by atoms with Crippen molar-refractivity contribution >= 4 is 256 Å². The minimum absolute atomic E-state index is 0. The molecule has 0 spiro atoms. The van der Waals surface area contributed by atoms with Gasteiger partial charge in [0.2, 0.25) is 0 Å². The molecule has 10 heavy (non-hydrogen) atoms. The molecule has 0 saturated carbocycles. The molecule has 0 unspecified atom stereocenters. The molecule has 0 aromatic rings. The SMILES string of the molecule is [Ca+2].[Ca+2].[Ca+2].[Ca+2].[Ca+2].[S-2].[S-2].[S-2].[S-2].[S-2]. The van der Waals surface area contributed by atoms with Crippen molar-refractivity contribution in [2.24, 2.45) is 0 Å². The predicted molar refractivity (Wildman–Crippen MR) is 65.6 cm³/mol. The molecule has 0 aromatic carbocycles. The molecule has 0 N–H and O–H groups in total. The van der Waals surface area contributed by atoms with E-state index in [1.165, 1.54) is 0 Å². The van der Waals surface area contributed by atoms with E-state index in [4.69, 9.17) is 0 Å². The number of hydrogen-bond donors (Lipinski definition) is 0. The summed E-state index contributed by atoms with van der Waals surface area (Å²) in [5.41, 5.74) is 0. The first kappa shape index (κ1) is 81.0. The fourth-order valence-electron chi connectivity index (χ4n) is 0. The van der Waals surface area contributed by atoms with E-state index in [0.29, 0.717) is 0 Å². The van der Waals surface area contributed by atoms with Gasteiger partial charge in [-0.1, -0.05) is 0 Å². The van der Waals surface area contributed by atoms with Crippen LogP contribution in [0.25, 0.3) is 0 Å². The number of rotatable bonds is 0. The first-order chi connectivity index (χ1) is 0. The van der Waals surface area contributed by atoms with Crippen LogP contribution in [0.1, 0.15) is 0 Å². The van der Waals surface area contributed by atoms with Gasteiger partial charge >= 0.3 is 189 Å². The van der Waals surface area contributed by atoms with Crippen LogP contribution in [0, 0.1) is 0 Å². The maximum absolute atomic E-state index is 0. The third-order valence-corrected chi connectivity index (χ3v) is 0. The Bertz CT molecular complexity index is 10.0. The molecule has 0 aromatic heterocycles. The van der Waals surface area contributed by atoms with Crippen LogP contribution in [0.3, 0.4) is 0 Å². The van der Waals surface area contributed by atoms with Gasteiger partial charge in [0.25, 0.3) is 0 Å². The molecular formula is Ca5S5. The van der Waals surface area contributed by atoms with E-state index in [-0.39, 0.29) is 256 Å². The molecule has 40 valence electrons. The minimum atomic E-state index is 0. The van der Waals surface area contributed by atoms with Crippen molar-refractivity contribution in [3.05, 3.63) is 0 Å². The molecule has 0 rings (SSSR count). The fourth-order valence-corrected chi connectivity index (χ4v) is 0. The van der Waals surface area contributed by atoms with E-state index >= 15 is 0 Å². The predicted octanol–water partition coefficient (Wildman–Crippen LogP) is -1.92. The van der Waals surface area contributed by atoms with Crippen molar-refractivity contribution in [2.45, 2.75) is 0 Å². The molecule has 0 nitrogen and oxygen atoms in total. The van der Waals surface area contributed by atoms with Crippen LogP contribution < -0.4 is 0 Å². The summed E-state index contributed by atoms with van der Waals surface area (Å²) < 4.78 is 0. The second-order valence-electron chi connectivity index (χ2n) is 0. The van der Waals surface area contributed by atoms with Crippen LogP contribution in [0.15, 0.2) is 0 Å². The monoisotopic (exact) mass is 360 g/mol. The van der Waals surface area contributed by atoms with Gasteiger partial charge in [0.1, 0.15) is 0 Å². The molecular weight excluding hydrogens is 361 g/mol. The first-order valence-corrected chi connectivity index (χ1v) is 0. The van der Waals surface area contributed by atoms with Crippen molar-refractivity contribution in [1.29, 1.82) is 0 Å². The van der Waals surface area contributed by atoms with Gasteiger partial charge in [0.15, 0.2) is 0 Å². The average molecular weight is 361 g/mol. The summed E-state index contributed by atoms with van der Waals surface area (Å²) in [5.74, 6) is 0. The molecule has 0 aliphatic carbocycles. The Morgan fingerprint density at radius 1 is 0.200 bits per heavy atom. The molecule has 0 fully saturated rings. The second-order valence-corrected chi connectivity index (χ2v) is 0. The molecule has 0 heterocycles. The second kappa shape index (κ2) is 67.8. The van der Waals surface area contributed by atoms with Crippen LogP contribution in [-0.2, 0) is 67.5 Å². The Hall–Kier alpha value is 8.05. The average Bonchev–Trinajstić information content (AvgIpc) is 0. The summed E-state index contributed by atoms with van der Waals surface area (Å²) in [6.07, 6.45) is 0. The van der Waals surface area contributed by atoms with Gasteiger partial charge in [0, 0.05) is 0 Å². The summed E-state index contributed by atoms with van der Waals surface area (Å²) >= 11 is 0. The maximum atomic E-state index is 0. The van der Waals surface area contributed by atoms with E-state index in [9.17, 15) is 0 Å². The van der Waals surface area contributed by atoms with Crippen LogP contribution in [0.2, 0.25) is 0 Å². The topological polar surface area (TPSA) is 0 Å². The zero-order valence-corrected chi connectivity index (χ0v) is 20.7. The Labute approximate surface area is 248 Å². The summed E-state index contributed by atoms with van der Waals surface area (Å²) in [6.45, 7) is 0. The zero-order chi connectivity index (χ0) is 0. The molecule has 0 aliphatic heterocycles. The quantitative estimate of drug-likeness (QED) is 0.442. The van der Waals surface area contributed by atoms with Crippen molar-refractivity contribution in [3.8, 4) is 0 Å². The largest absolute Gasteiger partial charge is 2.00 e. The third kappa shape index (κ3) is 56.1. The van der Waals surface area contributed by atoms with Crippen molar-refractivity contribution in [1.82, 2.24) is 0 Å². The van der Waals surface area contributed by atoms with E-state index in [1.54, 1.807) is 0 Å². The van der Waals surface area contributed by atoms with Crippen molar-refractivity contribution < 1.29 is 0 Å². The Morgan fingerprint density at radius 3 is 0.200 bits per heavy atom. The maximum Gasteiger partial charge on any atom is 2.00 e. The molecule has 0 saturated heterocycles. The van der Waals surface area contributed by atoms with E-state index in [0.717, 1.165) is 0 Å². The van der Waals surface area contributed by atoms with Crippen LogP contribution in [0.4, 0.5) is 0 Å². The molecule has 0 amide bonds. The molecule has 10 heteroatoms. The van der Waals surface area contributed by atoms with Gasteiger partial charge in [-0.15, -0.1) is 0 Å². The van der Waals surface area contributed by atoms with Gasteiger partial charge in [-0.05, 0) is 0 Å². The Morgan fingerprint density at radius 2 is 0.200 bits per heavy atom. The molecule has 0 radical (unpaired) electrons. The van der Waals surface area contributed by atoms with Gasteiger partial charge < -0.3 is 67.5 Å². The molecule has 0 aliphatic rings. The van der Waals surface area contributed by atoms with E-state index in [2.05, 4.69) is 0 Å². The van der Waals surface area contributed by atoms with Gasteiger partial charge in [-0.2, -0.15) is 0 Å². The number of hydrogen-bond acceptors (Lipinski definition) is 0. The van der Waals surface area contributed by atoms with E-state index < -0.39 is 0 Å². The van der Waals surface area contributed by atoms with Gasteiger partial charge in [0.05, 0.1) is 0 Å². The van der Waals surface area contributed by atoms with Crippen molar-refractivity contribution in [3.63, 3.8) is 0 Å². The van der Waals surface area contributed by atoms with Gasteiger partial charge in [-0.25, -0.2) is 0 Å². The van der Waals surface area contributed by atoms with Crippen LogP contribution in [-0.4, -0.2) is 189 Å². The Balaban J connectivity index is 0. The first-order valence-electron chi connectivity index (χ1n) is 0. The zero-order valence-electron chi connectivity index (χ0n) is 5.58. The minimum Gasteiger partial charge on any atom is -2.00 e. The molecule has 0 bridgehead atoms. The summed E-state index contributed by atoms with van der Waals surface area (Å²) in [6, 6.07) is 0. The standard InChI is InChI=1S/5Ca.5S/q5*+2;5*-2. The summed E-state index contributed by atoms with van der Waals surface area (Å²) in [7, 11) is 0. The fraction of sp³-hybridized carbons (Fsp3) is 0. The Kier molecular flexibility index (Phi) is 549. The van der Waals surface area contributed by atoms with Gasteiger partial charge in [-0.3, -0.25) is 0 Å². The van der Waals surface area contributed by atoms with Crippen LogP contribution >= 0.6 is 0 Å². The summed E-state index contributed by atoms with van der Waals surface area (Å²) in [4.78, 5) is 0.